The second-order valence-electron chi connectivity index (χ2n) is 4.13. The summed E-state index contributed by atoms with van der Waals surface area (Å²) in [4.78, 5) is 2.11. The van der Waals surface area contributed by atoms with E-state index >= 15 is 0 Å². The normalized spacial score (nSPS) is 13.4. The van der Waals surface area contributed by atoms with E-state index in [2.05, 4.69) is 50.4 Å². The Labute approximate surface area is 92.5 Å². The van der Waals surface area contributed by atoms with Gasteiger partial charge in [0.25, 0.3) is 0 Å². The molecule has 0 saturated heterocycles. The zero-order chi connectivity index (χ0) is 10.9. The van der Waals surface area contributed by atoms with Gasteiger partial charge in [-0.3, -0.25) is 4.90 Å². The Morgan fingerprint density at radius 1 is 1.00 bits per heavy atom. The molecular weight excluding hydrogens is 190 g/mol. The average Bonchev–Trinajstić information content (AvgIpc) is 2.10. The fourth-order valence-corrected chi connectivity index (χ4v) is 1.82. The number of thiol groups is 1. The van der Waals surface area contributed by atoms with E-state index in [9.17, 15) is 0 Å². The molecule has 1 unspecified atom stereocenters. The van der Waals surface area contributed by atoms with Crippen LogP contribution in [0.15, 0.2) is 12.1 Å². The molecule has 2 heteroatoms. The molecule has 0 N–H and O–H groups in total. The van der Waals surface area contributed by atoms with Gasteiger partial charge in [-0.05, 0) is 57.1 Å². The van der Waals surface area contributed by atoms with Crippen LogP contribution in [0, 0.1) is 20.8 Å². The first-order chi connectivity index (χ1) is 6.43. The summed E-state index contributed by atoms with van der Waals surface area (Å²) in [7, 11) is 4.10. The second-order valence-corrected chi connectivity index (χ2v) is 4.62. The SMILES string of the molecule is Cc1cc(C)c(C(S)N(C)C)cc1C. The van der Waals surface area contributed by atoms with E-state index in [-0.39, 0.29) is 5.37 Å². The molecule has 0 bridgehead atoms. The van der Waals surface area contributed by atoms with Gasteiger partial charge in [-0.1, -0.05) is 12.1 Å². The first-order valence-corrected chi connectivity index (χ1v) is 5.37. The first kappa shape index (κ1) is 11.6. The molecule has 0 saturated carbocycles. The number of hydrogen-bond acceptors (Lipinski definition) is 2. The molecule has 1 atom stereocenters. The smallest absolute Gasteiger partial charge is 0.0782 e. The van der Waals surface area contributed by atoms with Crippen molar-refractivity contribution in [3.63, 3.8) is 0 Å². The molecule has 0 aliphatic heterocycles. The fraction of sp³-hybridized carbons (Fsp3) is 0.500. The van der Waals surface area contributed by atoms with Gasteiger partial charge in [0.05, 0.1) is 5.37 Å². The first-order valence-electron chi connectivity index (χ1n) is 4.85. The van der Waals surface area contributed by atoms with Crippen molar-refractivity contribution in [2.24, 2.45) is 0 Å². The van der Waals surface area contributed by atoms with Crippen LogP contribution in [0.25, 0.3) is 0 Å². The van der Waals surface area contributed by atoms with E-state index in [1.54, 1.807) is 0 Å². The van der Waals surface area contributed by atoms with Crippen LogP contribution in [0.2, 0.25) is 0 Å². The zero-order valence-electron chi connectivity index (χ0n) is 9.63. The van der Waals surface area contributed by atoms with Crippen molar-refractivity contribution >= 4 is 12.6 Å². The lowest BCUT2D eigenvalue weighted by Crippen LogP contribution is -2.16. The van der Waals surface area contributed by atoms with Gasteiger partial charge in [0.2, 0.25) is 0 Å². The Balaban J connectivity index is 3.15. The Hall–Kier alpha value is -0.470. The summed E-state index contributed by atoms with van der Waals surface area (Å²) in [5, 5.41) is 0.189. The monoisotopic (exact) mass is 209 g/mol. The lowest BCUT2D eigenvalue weighted by atomic mass is 10.0. The highest BCUT2D eigenvalue weighted by atomic mass is 32.1. The summed E-state index contributed by atoms with van der Waals surface area (Å²) < 4.78 is 0. The number of benzene rings is 1. The maximum atomic E-state index is 4.59. The molecule has 1 nitrogen and oxygen atoms in total. The van der Waals surface area contributed by atoms with Crippen LogP contribution in [0.3, 0.4) is 0 Å². The van der Waals surface area contributed by atoms with Crippen LogP contribution in [0.5, 0.6) is 0 Å². The van der Waals surface area contributed by atoms with Gasteiger partial charge in [0, 0.05) is 0 Å². The lowest BCUT2D eigenvalue weighted by molar-refractivity contribution is 0.392. The summed E-state index contributed by atoms with van der Waals surface area (Å²) in [6.45, 7) is 6.44. The van der Waals surface area contributed by atoms with Gasteiger partial charge in [-0.2, -0.15) is 12.6 Å². The molecule has 0 radical (unpaired) electrons. The van der Waals surface area contributed by atoms with Crippen molar-refractivity contribution in [2.75, 3.05) is 14.1 Å². The molecule has 0 fully saturated rings. The largest absolute Gasteiger partial charge is 0.294 e. The van der Waals surface area contributed by atoms with Gasteiger partial charge in [0.15, 0.2) is 0 Å². The molecule has 1 rings (SSSR count). The van der Waals surface area contributed by atoms with Crippen LogP contribution in [-0.4, -0.2) is 19.0 Å². The van der Waals surface area contributed by atoms with Crippen molar-refractivity contribution in [3.05, 3.63) is 34.4 Å². The van der Waals surface area contributed by atoms with Crippen LogP contribution in [0.4, 0.5) is 0 Å². The molecular formula is C12H19NS. The van der Waals surface area contributed by atoms with Crippen LogP contribution < -0.4 is 0 Å². The number of rotatable bonds is 2. The number of aryl methyl sites for hydroxylation is 3. The van der Waals surface area contributed by atoms with Gasteiger partial charge >= 0.3 is 0 Å². The molecule has 1 aromatic rings. The van der Waals surface area contributed by atoms with Crippen molar-refractivity contribution < 1.29 is 0 Å². The predicted octanol–water partition coefficient (Wildman–Crippen LogP) is 3.10. The highest BCUT2D eigenvalue weighted by Gasteiger charge is 2.12. The predicted molar refractivity (Wildman–Crippen MR) is 66.1 cm³/mol. The molecule has 0 amide bonds. The van der Waals surface area contributed by atoms with E-state index < -0.39 is 0 Å². The summed E-state index contributed by atoms with van der Waals surface area (Å²) >= 11 is 4.59. The van der Waals surface area contributed by atoms with E-state index in [0.29, 0.717) is 0 Å². The minimum Gasteiger partial charge on any atom is -0.294 e. The highest BCUT2D eigenvalue weighted by molar-refractivity contribution is 7.80. The summed E-state index contributed by atoms with van der Waals surface area (Å²) in [5.41, 5.74) is 5.32. The fourth-order valence-electron chi connectivity index (χ4n) is 1.54. The zero-order valence-corrected chi connectivity index (χ0v) is 10.5. The van der Waals surface area contributed by atoms with Gasteiger partial charge in [0.1, 0.15) is 0 Å². The van der Waals surface area contributed by atoms with E-state index in [1.165, 1.54) is 22.3 Å². The Kier molecular flexibility index (Phi) is 3.62. The lowest BCUT2D eigenvalue weighted by Gasteiger charge is -2.22. The van der Waals surface area contributed by atoms with Crippen molar-refractivity contribution in [1.29, 1.82) is 0 Å². The molecule has 78 valence electrons. The summed E-state index contributed by atoms with van der Waals surface area (Å²) in [6.07, 6.45) is 0. The number of hydrogen-bond donors (Lipinski definition) is 1. The summed E-state index contributed by atoms with van der Waals surface area (Å²) in [5.74, 6) is 0. The van der Waals surface area contributed by atoms with Crippen molar-refractivity contribution in [2.45, 2.75) is 26.1 Å². The van der Waals surface area contributed by atoms with Crippen molar-refractivity contribution in [1.82, 2.24) is 4.90 Å². The third kappa shape index (κ3) is 2.31. The quantitative estimate of drug-likeness (QED) is 0.578. The third-order valence-electron chi connectivity index (χ3n) is 2.65. The van der Waals surface area contributed by atoms with E-state index in [4.69, 9.17) is 0 Å². The van der Waals surface area contributed by atoms with Crippen LogP contribution in [0.1, 0.15) is 27.6 Å². The van der Waals surface area contributed by atoms with Crippen molar-refractivity contribution in [3.8, 4) is 0 Å². The van der Waals surface area contributed by atoms with Gasteiger partial charge in [-0.15, -0.1) is 0 Å². The second kappa shape index (κ2) is 4.37. The van der Waals surface area contributed by atoms with Gasteiger partial charge in [-0.25, -0.2) is 0 Å². The van der Waals surface area contributed by atoms with Crippen LogP contribution >= 0.6 is 12.6 Å². The standard InChI is InChI=1S/C12H19NS/c1-8-6-10(3)11(7-9(8)2)12(14)13(4)5/h6-7,12,14H,1-5H3. The molecule has 0 heterocycles. The summed E-state index contributed by atoms with van der Waals surface area (Å²) in [6, 6.07) is 4.47. The third-order valence-corrected chi connectivity index (χ3v) is 3.39. The van der Waals surface area contributed by atoms with Crippen LogP contribution in [-0.2, 0) is 0 Å². The molecule has 1 aromatic carbocycles. The Morgan fingerprint density at radius 2 is 1.50 bits per heavy atom. The van der Waals surface area contributed by atoms with E-state index in [1.807, 2.05) is 14.1 Å². The minimum absolute atomic E-state index is 0.189. The maximum Gasteiger partial charge on any atom is 0.0782 e. The molecule has 0 spiro atoms. The average molecular weight is 209 g/mol. The maximum absolute atomic E-state index is 4.59. The Morgan fingerprint density at radius 3 is 2.00 bits per heavy atom. The molecule has 0 aliphatic rings. The molecule has 0 aromatic heterocycles. The molecule has 0 aliphatic carbocycles. The minimum atomic E-state index is 0.189. The number of nitrogens with zero attached hydrogens (tertiary/aromatic N) is 1. The van der Waals surface area contributed by atoms with E-state index in [0.717, 1.165) is 0 Å². The Bertz CT molecular complexity index is 331. The highest BCUT2D eigenvalue weighted by Crippen LogP contribution is 2.27. The molecule has 14 heavy (non-hydrogen) atoms. The topological polar surface area (TPSA) is 3.24 Å². The van der Waals surface area contributed by atoms with Gasteiger partial charge < -0.3 is 0 Å².